The van der Waals surface area contributed by atoms with E-state index in [1.165, 1.54) is 6.07 Å². The molecule has 0 N–H and O–H groups in total. The molecule has 1 aliphatic carbocycles. The Hall–Kier alpha value is -0.790. The summed E-state index contributed by atoms with van der Waals surface area (Å²) in [5.41, 5.74) is 0.0596. The van der Waals surface area contributed by atoms with Gasteiger partial charge in [0.25, 0.3) is 0 Å². The second kappa shape index (κ2) is 4.83. The van der Waals surface area contributed by atoms with Crippen molar-refractivity contribution in [2.24, 2.45) is 0 Å². The Kier molecular flexibility index (Phi) is 4.06. The summed E-state index contributed by atoms with van der Waals surface area (Å²) >= 11 is 0. The number of hydrogen-bond donors (Lipinski definition) is 0. The van der Waals surface area contributed by atoms with Crippen molar-refractivity contribution in [3.05, 3.63) is 41.5 Å². The quantitative estimate of drug-likeness (QED) is 0.412. The molecule has 5 nitrogen and oxygen atoms in total. The number of carbonyl (C=O) groups excluding carboxylic acids is 2. The van der Waals surface area contributed by atoms with Gasteiger partial charge in [0.05, 0.1) is 4.90 Å². The van der Waals surface area contributed by atoms with Gasteiger partial charge in [0.15, 0.2) is 11.6 Å². The van der Waals surface area contributed by atoms with Crippen LogP contribution in [0.3, 0.4) is 0 Å². The summed E-state index contributed by atoms with van der Waals surface area (Å²) in [6, 6.07) is 3.12. The maximum absolute atomic E-state index is 11.4. The summed E-state index contributed by atoms with van der Waals surface area (Å²) < 4.78 is 32.2. The van der Waals surface area contributed by atoms with E-state index in [4.69, 9.17) is 0 Å². The van der Waals surface area contributed by atoms with Gasteiger partial charge in [0, 0.05) is 11.1 Å². The molecule has 0 amide bonds. The maximum atomic E-state index is 11.4. The number of rotatable bonds is 1. The molecule has 0 aliphatic heterocycles. The van der Waals surface area contributed by atoms with Crippen molar-refractivity contribution < 1.29 is 52.1 Å². The third kappa shape index (κ3) is 2.72. The van der Waals surface area contributed by atoms with Gasteiger partial charge in [-0.15, -0.1) is 0 Å². The molecule has 0 radical (unpaired) electrons. The normalized spacial score (nSPS) is 14.2. The molecule has 1 aromatic rings. The number of carbonyl (C=O) groups is 2. The van der Waals surface area contributed by atoms with Gasteiger partial charge in [-0.05, 0) is 30.4 Å². The monoisotopic (exact) mass is 260 g/mol. The fraction of sp³-hybridized carbons (Fsp3) is 0. The largest absolute Gasteiger partial charge is 1.00 e. The Bertz CT molecular complexity index is 630. The molecule has 82 valence electrons. The number of ketones is 2. The Labute approximate surface area is 120 Å². The van der Waals surface area contributed by atoms with Crippen LogP contribution in [0.1, 0.15) is 20.7 Å². The molecule has 0 heterocycles. The van der Waals surface area contributed by atoms with Crippen LogP contribution >= 0.6 is 0 Å². The van der Waals surface area contributed by atoms with Crippen molar-refractivity contribution in [1.82, 2.24) is 0 Å². The number of hydrogen-bond acceptors (Lipinski definition) is 5. The minimum atomic E-state index is -4.61. The second-order valence-corrected chi connectivity index (χ2v) is 4.60. The number of allylic oxidation sites excluding steroid dienone is 2. The summed E-state index contributed by atoms with van der Waals surface area (Å²) in [6.45, 7) is 0. The van der Waals surface area contributed by atoms with Crippen LogP contribution in [0.25, 0.3) is 0 Å². The van der Waals surface area contributed by atoms with Crippen LogP contribution in [0.15, 0.2) is 35.2 Å². The zero-order valence-corrected chi connectivity index (χ0v) is 11.7. The van der Waals surface area contributed by atoms with Gasteiger partial charge in [-0.1, -0.05) is 0 Å². The van der Waals surface area contributed by atoms with E-state index in [1.807, 2.05) is 0 Å². The zero-order chi connectivity index (χ0) is 11.9. The van der Waals surface area contributed by atoms with Gasteiger partial charge in [-0.2, -0.15) is 0 Å². The number of fused-ring (bicyclic) bond motifs is 1. The molecule has 7 heteroatoms. The summed E-state index contributed by atoms with van der Waals surface area (Å²) in [6.07, 6.45) is 2.15. The predicted molar refractivity (Wildman–Crippen MR) is 52.2 cm³/mol. The fourth-order valence-corrected chi connectivity index (χ4v) is 1.93. The molecule has 0 bridgehead atoms. The van der Waals surface area contributed by atoms with Crippen LogP contribution in [-0.2, 0) is 10.1 Å². The topological polar surface area (TPSA) is 91.3 Å². The molecule has 1 aromatic carbocycles. The second-order valence-electron chi connectivity index (χ2n) is 3.22. The first kappa shape index (κ1) is 14.3. The average molecular weight is 260 g/mol. The van der Waals surface area contributed by atoms with Crippen LogP contribution in [0.4, 0.5) is 0 Å². The Morgan fingerprint density at radius 3 is 2.00 bits per heavy atom. The van der Waals surface area contributed by atoms with Crippen molar-refractivity contribution in [2.75, 3.05) is 0 Å². The van der Waals surface area contributed by atoms with E-state index in [9.17, 15) is 22.6 Å². The van der Waals surface area contributed by atoms with Gasteiger partial charge in [0.2, 0.25) is 0 Å². The molecule has 0 atom stereocenters. The molecule has 1 aliphatic rings. The van der Waals surface area contributed by atoms with Gasteiger partial charge in [-0.25, -0.2) is 8.42 Å². The summed E-state index contributed by atoms with van der Waals surface area (Å²) in [5, 5.41) is 0. The minimum absolute atomic E-state index is 0. The fourth-order valence-electron chi connectivity index (χ4n) is 1.43. The van der Waals surface area contributed by atoms with E-state index < -0.39 is 20.8 Å². The van der Waals surface area contributed by atoms with Crippen molar-refractivity contribution >= 4 is 21.7 Å². The first-order valence-corrected chi connectivity index (χ1v) is 5.67. The molecule has 0 saturated heterocycles. The molecule has 0 unspecified atom stereocenters. The summed E-state index contributed by atoms with van der Waals surface area (Å²) in [5.74, 6) is -0.871. The Balaban J connectivity index is 0.00000144. The molecule has 2 rings (SSSR count). The third-order valence-electron chi connectivity index (χ3n) is 2.20. The summed E-state index contributed by atoms with van der Waals surface area (Å²) in [7, 11) is -4.61. The van der Waals surface area contributed by atoms with E-state index >= 15 is 0 Å². The van der Waals surface area contributed by atoms with Gasteiger partial charge in [-0.3, -0.25) is 9.59 Å². The molecule has 0 aromatic heterocycles. The molecule has 17 heavy (non-hydrogen) atoms. The van der Waals surface area contributed by atoms with Crippen LogP contribution in [0, 0.1) is 0 Å². The van der Waals surface area contributed by atoms with Gasteiger partial charge >= 0.3 is 29.6 Å². The minimum Gasteiger partial charge on any atom is -0.744 e. The molecule has 0 fully saturated rings. The van der Waals surface area contributed by atoms with E-state index in [1.54, 1.807) is 0 Å². The Morgan fingerprint density at radius 2 is 1.47 bits per heavy atom. The average Bonchev–Trinajstić information content (AvgIpc) is 2.22. The van der Waals surface area contributed by atoms with Crippen LogP contribution in [0.5, 0.6) is 0 Å². The van der Waals surface area contributed by atoms with E-state index in [0.717, 1.165) is 24.3 Å². The van der Waals surface area contributed by atoms with E-state index in [-0.39, 0.29) is 46.5 Å². The van der Waals surface area contributed by atoms with Crippen molar-refractivity contribution in [2.45, 2.75) is 4.90 Å². The zero-order valence-electron chi connectivity index (χ0n) is 8.84. The first-order valence-electron chi connectivity index (χ1n) is 4.26. The smallest absolute Gasteiger partial charge is 0.744 e. The van der Waals surface area contributed by atoms with E-state index in [2.05, 4.69) is 0 Å². The summed E-state index contributed by atoms with van der Waals surface area (Å²) in [4.78, 5) is 22.2. The predicted octanol–water partition coefficient (Wildman–Crippen LogP) is -2.47. The van der Waals surface area contributed by atoms with Gasteiger partial charge in [0.1, 0.15) is 10.1 Å². The Morgan fingerprint density at radius 1 is 0.941 bits per heavy atom. The standard InChI is InChI=1S/C10H6O5S.Na/c11-9-3-4-10(12)8-5-6(16(13,14)15)1-2-7(8)9;/h1-5H,(H,13,14,15);/q;+1/p-1. The van der Waals surface area contributed by atoms with Crippen molar-refractivity contribution in [1.29, 1.82) is 0 Å². The van der Waals surface area contributed by atoms with Crippen LogP contribution in [-0.4, -0.2) is 24.5 Å². The molecule has 0 saturated carbocycles. The first-order chi connectivity index (χ1) is 7.39. The SMILES string of the molecule is O=C1C=CC(=O)c2cc(S(=O)(=O)[O-])ccc21.[Na+]. The van der Waals surface area contributed by atoms with Crippen molar-refractivity contribution in [3.63, 3.8) is 0 Å². The molecule has 0 spiro atoms. The van der Waals surface area contributed by atoms with Gasteiger partial charge < -0.3 is 4.55 Å². The van der Waals surface area contributed by atoms with Crippen LogP contribution in [0.2, 0.25) is 0 Å². The maximum Gasteiger partial charge on any atom is 1.00 e. The van der Waals surface area contributed by atoms with E-state index in [0.29, 0.717) is 0 Å². The van der Waals surface area contributed by atoms with Crippen molar-refractivity contribution in [3.8, 4) is 0 Å². The van der Waals surface area contributed by atoms with Crippen LogP contribution < -0.4 is 29.6 Å². The third-order valence-corrected chi connectivity index (χ3v) is 3.03. The number of benzene rings is 1. The molecular formula is C10H5NaO5S. The molecular weight excluding hydrogens is 255 g/mol.